The molecule has 3 aromatic carbocycles. The van der Waals surface area contributed by atoms with Crippen molar-refractivity contribution in [3.63, 3.8) is 0 Å². The highest BCUT2D eigenvalue weighted by molar-refractivity contribution is 7.99. The Labute approximate surface area is 193 Å². The number of hydrogen-bond donors (Lipinski definition) is 1. The fourth-order valence-electron chi connectivity index (χ4n) is 3.71. The Morgan fingerprint density at radius 2 is 1.77 bits per heavy atom. The van der Waals surface area contributed by atoms with Gasteiger partial charge in [0.05, 0.1) is 5.69 Å². The predicted octanol–water partition coefficient (Wildman–Crippen LogP) is 5.80. The molecule has 0 saturated heterocycles. The Hall–Kier alpha value is -2.37. The molecule has 0 radical (unpaired) electrons. The number of rotatable bonds is 7. The molecule has 0 aromatic heterocycles. The van der Waals surface area contributed by atoms with E-state index < -0.39 is 0 Å². The van der Waals surface area contributed by atoms with Crippen LogP contribution in [-0.2, 0) is 13.0 Å². The van der Waals surface area contributed by atoms with Crippen LogP contribution in [-0.4, -0.2) is 31.0 Å². The van der Waals surface area contributed by atoms with Gasteiger partial charge in [0.15, 0.2) is 0 Å². The van der Waals surface area contributed by atoms with Gasteiger partial charge in [0.25, 0.3) is 5.91 Å². The van der Waals surface area contributed by atoms with Gasteiger partial charge in [-0.15, -0.1) is 23.5 Å². The lowest BCUT2D eigenvalue weighted by molar-refractivity contribution is 0.0954. The van der Waals surface area contributed by atoms with E-state index in [1.165, 1.54) is 26.5 Å². The lowest BCUT2D eigenvalue weighted by atomic mass is 10.1. The molecule has 3 nitrogen and oxygen atoms in total. The number of carbonyl (C=O) groups excluding carboxylic acids is 1. The SMILES string of the molecule is CSc1ccc(CCNC(=O)c2ccc3c(c2)N(Cc2ccc(C)cc2)CCS3)cc1. The number of benzene rings is 3. The number of thioether (sulfide) groups is 2. The number of nitrogens with zero attached hydrogens (tertiary/aromatic N) is 1. The Kier molecular flexibility index (Phi) is 7.25. The molecule has 0 fully saturated rings. The lowest BCUT2D eigenvalue weighted by Crippen LogP contribution is -2.30. The number of amides is 1. The highest BCUT2D eigenvalue weighted by atomic mass is 32.2. The molecule has 0 atom stereocenters. The van der Waals surface area contributed by atoms with Gasteiger partial charge < -0.3 is 10.2 Å². The monoisotopic (exact) mass is 448 g/mol. The molecule has 0 spiro atoms. The van der Waals surface area contributed by atoms with E-state index in [2.05, 4.69) is 84.1 Å². The first kappa shape index (κ1) is 21.8. The molecule has 1 heterocycles. The van der Waals surface area contributed by atoms with E-state index in [4.69, 9.17) is 0 Å². The minimum Gasteiger partial charge on any atom is -0.365 e. The summed E-state index contributed by atoms with van der Waals surface area (Å²) in [6.45, 7) is 4.60. The van der Waals surface area contributed by atoms with Crippen molar-refractivity contribution in [1.82, 2.24) is 5.32 Å². The van der Waals surface area contributed by atoms with Gasteiger partial charge in [0, 0.05) is 40.7 Å². The van der Waals surface area contributed by atoms with E-state index in [1.54, 1.807) is 11.8 Å². The molecule has 4 rings (SSSR count). The summed E-state index contributed by atoms with van der Waals surface area (Å²) in [7, 11) is 0. The van der Waals surface area contributed by atoms with Gasteiger partial charge in [-0.3, -0.25) is 4.79 Å². The summed E-state index contributed by atoms with van der Waals surface area (Å²) in [5, 5.41) is 3.08. The van der Waals surface area contributed by atoms with Crippen molar-refractivity contribution in [3.05, 3.63) is 89.0 Å². The molecule has 0 bridgehead atoms. The maximum atomic E-state index is 12.8. The topological polar surface area (TPSA) is 32.3 Å². The van der Waals surface area contributed by atoms with Gasteiger partial charge in [-0.05, 0) is 61.1 Å². The van der Waals surface area contributed by atoms with Crippen LogP contribution in [0.1, 0.15) is 27.0 Å². The number of hydrogen-bond acceptors (Lipinski definition) is 4. The van der Waals surface area contributed by atoms with Crippen LogP contribution in [0.4, 0.5) is 5.69 Å². The Morgan fingerprint density at radius 1 is 1.03 bits per heavy atom. The predicted molar refractivity (Wildman–Crippen MR) is 134 cm³/mol. The average molecular weight is 449 g/mol. The molecule has 5 heteroatoms. The number of anilines is 1. The third-order valence-electron chi connectivity index (χ3n) is 5.53. The van der Waals surface area contributed by atoms with Crippen LogP contribution in [0.5, 0.6) is 0 Å². The fraction of sp³-hybridized carbons (Fsp3) is 0.269. The molecule has 1 N–H and O–H groups in total. The van der Waals surface area contributed by atoms with Crippen LogP contribution in [0.2, 0.25) is 0 Å². The largest absolute Gasteiger partial charge is 0.365 e. The Morgan fingerprint density at radius 3 is 2.52 bits per heavy atom. The number of fused-ring (bicyclic) bond motifs is 1. The molecule has 0 unspecified atom stereocenters. The Bertz CT molecular complexity index is 1030. The van der Waals surface area contributed by atoms with Gasteiger partial charge in [-0.1, -0.05) is 42.0 Å². The first-order valence-electron chi connectivity index (χ1n) is 10.6. The summed E-state index contributed by atoms with van der Waals surface area (Å²) in [4.78, 5) is 17.7. The second-order valence-corrected chi connectivity index (χ2v) is 9.81. The molecule has 1 aliphatic rings. The van der Waals surface area contributed by atoms with Crippen LogP contribution < -0.4 is 10.2 Å². The molecular formula is C26H28N2OS2. The summed E-state index contributed by atoms with van der Waals surface area (Å²) < 4.78 is 0. The molecule has 0 aliphatic carbocycles. The molecule has 160 valence electrons. The third kappa shape index (κ3) is 5.66. The van der Waals surface area contributed by atoms with E-state index >= 15 is 0 Å². The van der Waals surface area contributed by atoms with E-state index in [0.717, 1.165) is 36.5 Å². The normalized spacial score (nSPS) is 13.0. The Balaban J connectivity index is 1.40. The summed E-state index contributed by atoms with van der Waals surface area (Å²) in [5.41, 5.74) is 5.71. The van der Waals surface area contributed by atoms with Crippen LogP contribution >= 0.6 is 23.5 Å². The van der Waals surface area contributed by atoms with E-state index in [1.807, 2.05) is 17.8 Å². The van der Waals surface area contributed by atoms with Crippen LogP contribution in [0.15, 0.2) is 76.5 Å². The van der Waals surface area contributed by atoms with Crippen LogP contribution in [0.3, 0.4) is 0 Å². The number of nitrogens with one attached hydrogen (secondary N) is 1. The zero-order chi connectivity index (χ0) is 21.6. The van der Waals surface area contributed by atoms with Crippen molar-refractivity contribution >= 4 is 35.1 Å². The summed E-state index contributed by atoms with van der Waals surface area (Å²) in [6, 6.07) is 23.3. The van der Waals surface area contributed by atoms with Gasteiger partial charge >= 0.3 is 0 Å². The van der Waals surface area contributed by atoms with E-state index in [-0.39, 0.29) is 5.91 Å². The van der Waals surface area contributed by atoms with Gasteiger partial charge in [-0.25, -0.2) is 0 Å². The fourth-order valence-corrected chi connectivity index (χ4v) is 5.15. The van der Waals surface area contributed by atoms with Crippen molar-refractivity contribution in [2.45, 2.75) is 29.7 Å². The smallest absolute Gasteiger partial charge is 0.251 e. The maximum absolute atomic E-state index is 12.8. The average Bonchev–Trinajstić information content (AvgIpc) is 2.81. The molecular weight excluding hydrogens is 420 g/mol. The van der Waals surface area contributed by atoms with Gasteiger partial charge in [0.2, 0.25) is 0 Å². The highest BCUT2D eigenvalue weighted by Gasteiger charge is 2.19. The van der Waals surface area contributed by atoms with Gasteiger partial charge in [-0.2, -0.15) is 0 Å². The summed E-state index contributed by atoms with van der Waals surface area (Å²) in [5.74, 6) is 1.06. The second kappa shape index (κ2) is 10.3. The second-order valence-electron chi connectivity index (χ2n) is 7.79. The summed E-state index contributed by atoms with van der Waals surface area (Å²) in [6.07, 6.45) is 2.91. The molecule has 3 aromatic rings. The van der Waals surface area contributed by atoms with Crippen molar-refractivity contribution in [3.8, 4) is 0 Å². The maximum Gasteiger partial charge on any atom is 0.251 e. The minimum absolute atomic E-state index is 0.00519. The quantitative estimate of drug-likeness (QED) is 0.463. The third-order valence-corrected chi connectivity index (χ3v) is 7.32. The van der Waals surface area contributed by atoms with Crippen LogP contribution in [0, 0.1) is 6.92 Å². The van der Waals surface area contributed by atoms with Crippen molar-refractivity contribution in [2.75, 3.05) is 30.0 Å². The number of carbonyl (C=O) groups is 1. The van der Waals surface area contributed by atoms with Gasteiger partial charge in [0.1, 0.15) is 0 Å². The van der Waals surface area contributed by atoms with Crippen molar-refractivity contribution in [1.29, 1.82) is 0 Å². The van der Waals surface area contributed by atoms with E-state index in [0.29, 0.717) is 6.54 Å². The van der Waals surface area contributed by atoms with E-state index in [9.17, 15) is 4.79 Å². The number of aryl methyl sites for hydroxylation is 1. The van der Waals surface area contributed by atoms with Crippen LogP contribution in [0.25, 0.3) is 0 Å². The summed E-state index contributed by atoms with van der Waals surface area (Å²) >= 11 is 3.61. The molecule has 1 aliphatic heterocycles. The highest BCUT2D eigenvalue weighted by Crippen LogP contribution is 2.36. The molecule has 1 amide bonds. The zero-order valence-electron chi connectivity index (χ0n) is 18.1. The van der Waals surface area contributed by atoms with Crippen molar-refractivity contribution in [2.24, 2.45) is 0 Å². The molecule has 31 heavy (non-hydrogen) atoms. The lowest BCUT2D eigenvalue weighted by Gasteiger charge is -2.31. The minimum atomic E-state index is -0.00519. The first-order chi connectivity index (χ1) is 15.1. The van der Waals surface area contributed by atoms with Crippen molar-refractivity contribution < 1.29 is 4.79 Å². The zero-order valence-corrected chi connectivity index (χ0v) is 19.7. The standard InChI is InChI=1S/C26H28N2OS2/c1-19-3-5-21(6-4-19)18-28-15-16-31-25-12-9-22(17-24(25)28)26(29)27-14-13-20-7-10-23(30-2)11-8-20/h3-12,17H,13-16,18H2,1-2H3,(H,27,29). The molecule has 0 saturated carbocycles. The first-order valence-corrected chi connectivity index (χ1v) is 12.8.